The highest BCUT2D eigenvalue weighted by Crippen LogP contribution is 2.37. The van der Waals surface area contributed by atoms with E-state index < -0.39 is 0 Å². The molecular formula is C11H13BrFNS. The van der Waals surface area contributed by atoms with Crippen molar-refractivity contribution in [3.63, 3.8) is 0 Å². The lowest BCUT2D eigenvalue weighted by Crippen LogP contribution is -2.14. The van der Waals surface area contributed by atoms with Crippen LogP contribution in [0, 0.1) is 5.82 Å². The average molecular weight is 290 g/mol. The summed E-state index contributed by atoms with van der Waals surface area (Å²) in [6.07, 6.45) is 0.910. The van der Waals surface area contributed by atoms with Gasteiger partial charge >= 0.3 is 0 Å². The maximum Gasteiger partial charge on any atom is 0.124 e. The minimum Gasteiger partial charge on any atom is -0.324 e. The van der Waals surface area contributed by atoms with Crippen LogP contribution >= 0.6 is 27.7 Å². The highest BCUT2D eigenvalue weighted by atomic mass is 79.9. The molecule has 82 valence electrons. The zero-order valence-electron chi connectivity index (χ0n) is 8.47. The summed E-state index contributed by atoms with van der Waals surface area (Å²) in [5, 5.41) is 0.530. The second-order valence-corrected chi connectivity index (χ2v) is 6.20. The molecule has 0 saturated carbocycles. The smallest absolute Gasteiger partial charge is 0.124 e. The Hall–Kier alpha value is -0.0600. The molecule has 15 heavy (non-hydrogen) atoms. The number of hydrogen-bond donors (Lipinski definition) is 1. The van der Waals surface area contributed by atoms with Crippen LogP contribution in [0.2, 0.25) is 0 Å². The van der Waals surface area contributed by atoms with Gasteiger partial charge in [-0.1, -0.05) is 22.9 Å². The lowest BCUT2D eigenvalue weighted by atomic mass is 9.98. The Morgan fingerprint density at radius 2 is 2.27 bits per heavy atom. The van der Waals surface area contributed by atoms with E-state index in [1.165, 1.54) is 6.07 Å². The number of hydrogen-bond acceptors (Lipinski definition) is 2. The molecule has 0 fully saturated rings. The highest BCUT2D eigenvalue weighted by Gasteiger charge is 2.22. The molecule has 0 aromatic heterocycles. The number of fused-ring (bicyclic) bond motifs is 1. The van der Waals surface area contributed by atoms with E-state index in [1.807, 2.05) is 11.8 Å². The van der Waals surface area contributed by atoms with Crippen molar-refractivity contribution in [1.29, 1.82) is 0 Å². The van der Waals surface area contributed by atoms with E-state index in [1.54, 1.807) is 6.07 Å². The van der Waals surface area contributed by atoms with Gasteiger partial charge in [-0.05, 0) is 29.7 Å². The average Bonchev–Trinajstić information content (AvgIpc) is 2.27. The summed E-state index contributed by atoms with van der Waals surface area (Å²) in [6.45, 7) is 2.17. The van der Waals surface area contributed by atoms with Crippen LogP contribution in [-0.2, 0) is 5.75 Å². The van der Waals surface area contributed by atoms with Crippen molar-refractivity contribution < 1.29 is 4.39 Å². The molecule has 1 aliphatic rings. The van der Waals surface area contributed by atoms with Crippen LogP contribution in [0.3, 0.4) is 0 Å². The summed E-state index contributed by atoms with van der Waals surface area (Å²) in [6, 6.07) is 3.04. The quantitative estimate of drug-likeness (QED) is 0.790. The third-order valence-corrected chi connectivity index (χ3v) is 4.62. The number of rotatable bonds is 0. The summed E-state index contributed by atoms with van der Waals surface area (Å²) < 4.78 is 14.1. The van der Waals surface area contributed by atoms with E-state index in [-0.39, 0.29) is 11.9 Å². The maximum absolute atomic E-state index is 13.3. The van der Waals surface area contributed by atoms with Crippen LogP contribution in [-0.4, -0.2) is 5.25 Å². The molecule has 0 saturated heterocycles. The van der Waals surface area contributed by atoms with Gasteiger partial charge in [-0.15, -0.1) is 0 Å². The summed E-state index contributed by atoms with van der Waals surface area (Å²) in [4.78, 5) is 0. The van der Waals surface area contributed by atoms with Crippen molar-refractivity contribution >= 4 is 27.7 Å². The first-order valence-electron chi connectivity index (χ1n) is 4.93. The Kier molecular flexibility index (Phi) is 3.38. The minimum atomic E-state index is -0.212. The third kappa shape index (κ3) is 2.37. The van der Waals surface area contributed by atoms with E-state index >= 15 is 0 Å². The van der Waals surface area contributed by atoms with Crippen LogP contribution in [0.4, 0.5) is 4.39 Å². The van der Waals surface area contributed by atoms with Gasteiger partial charge in [0.05, 0.1) is 0 Å². The van der Waals surface area contributed by atoms with Crippen LogP contribution < -0.4 is 5.73 Å². The van der Waals surface area contributed by atoms with E-state index in [0.717, 1.165) is 27.8 Å². The van der Waals surface area contributed by atoms with Gasteiger partial charge in [0, 0.05) is 21.5 Å². The molecule has 2 unspecified atom stereocenters. The zero-order chi connectivity index (χ0) is 11.0. The van der Waals surface area contributed by atoms with Gasteiger partial charge in [0.15, 0.2) is 0 Å². The number of benzene rings is 1. The predicted molar refractivity (Wildman–Crippen MR) is 66.4 cm³/mol. The predicted octanol–water partition coefficient (Wildman–Crippen LogP) is 3.61. The Morgan fingerprint density at radius 3 is 3.00 bits per heavy atom. The van der Waals surface area contributed by atoms with Gasteiger partial charge in [0.2, 0.25) is 0 Å². The monoisotopic (exact) mass is 289 g/mol. The molecule has 2 rings (SSSR count). The molecule has 2 atom stereocenters. The van der Waals surface area contributed by atoms with E-state index in [4.69, 9.17) is 5.73 Å². The third-order valence-electron chi connectivity index (χ3n) is 2.69. The first kappa shape index (κ1) is 11.4. The largest absolute Gasteiger partial charge is 0.324 e. The molecule has 1 aromatic rings. The first-order chi connectivity index (χ1) is 7.08. The fourth-order valence-electron chi connectivity index (χ4n) is 1.88. The summed E-state index contributed by atoms with van der Waals surface area (Å²) in [5.41, 5.74) is 8.18. The Labute approximate surface area is 102 Å². The SMILES string of the molecule is CC1CC(N)c2cc(F)cc(Br)c2CS1. The Bertz CT molecular complexity index is 383. The number of nitrogens with two attached hydrogens (primary N) is 1. The van der Waals surface area contributed by atoms with Gasteiger partial charge < -0.3 is 5.73 Å². The topological polar surface area (TPSA) is 26.0 Å². The van der Waals surface area contributed by atoms with Crippen molar-refractivity contribution in [2.75, 3.05) is 0 Å². The Balaban J connectivity index is 2.48. The number of thioether (sulfide) groups is 1. The van der Waals surface area contributed by atoms with Crippen LogP contribution in [0.15, 0.2) is 16.6 Å². The number of halogens is 2. The van der Waals surface area contributed by atoms with Gasteiger partial charge in [0.25, 0.3) is 0 Å². The zero-order valence-corrected chi connectivity index (χ0v) is 10.9. The van der Waals surface area contributed by atoms with E-state index in [2.05, 4.69) is 22.9 Å². The van der Waals surface area contributed by atoms with Gasteiger partial charge in [-0.2, -0.15) is 11.8 Å². The van der Waals surface area contributed by atoms with Crippen LogP contribution in [0.25, 0.3) is 0 Å². The van der Waals surface area contributed by atoms with Gasteiger partial charge in [-0.3, -0.25) is 0 Å². The second kappa shape index (κ2) is 4.44. The summed E-state index contributed by atoms with van der Waals surface area (Å²) in [7, 11) is 0. The Morgan fingerprint density at radius 1 is 1.53 bits per heavy atom. The molecule has 1 heterocycles. The summed E-state index contributed by atoms with van der Waals surface area (Å²) in [5.74, 6) is 0.695. The molecular weight excluding hydrogens is 277 g/mol. The molecule has 1 aromatic carbocycles. The second-order valence-electron chi connectivity index (χ2n) is 3.92. The van der Waals surface area contributed by atoms with Crippen LogP contribution in [0.1, 0.15) is 30.5 Å². The molecule has 2 N–H and O–H groups in total. The molecule has 0 radical (unpaired) electrons. The minimum absolute atomic E-state index is 0.0444. The standard InChI is InChI=1S/C11H13BrFNS/c1-6-2-11(14)8-3-7(13)4-10(12)9(8)5-15-6/h3-4,6,11H,2,5,14H2,1H3. The van der Waals surface area contributed by atoms with Crippen molar-refractivity contribution in [2.24, 2.45) is 5.73 Å². The molecule has 4 heteroatoms. The van der Waals surface area contributed by atoms with E-state index in [9.17, 15) is 4.39 Å². The highest BCUT2D eigenvalue weighted by molar-refractivity contribution is 9.10. The molecule has 0 spiro atoms. The van der Waals surface area contributed by atoms with Crippen molar-refractivity contribution in [1.82, 2.24) is 0 Å². The van der Waals surface area contributed by atoms with Crippen LogP contribution in [0.5, 0.6) is 0 Å². The maximum atomic E-state index is 13.3. The van der Waals surface area contributed by atoms with Crippen molar-refractivity contribution in [3.05, 3.63) is 33.5 Å². The molecule has 1 nitrogen and oxygen atoms in total. The fraction of sp³-hybridized carbons (Fsp3) is 0.455. The van der Waals surface area contributed by atoms with E-state index in [0.29, 0.717) is 5.25 Å². The van der Waals surface area contributed by atoms with Gasteiger partial charge in [-0.25, -0.2) is 4.39 Å². The first-order valence-corrected chi connectivity index (χ1v) is 6.77. The van der Waals surface area contributed by atoms with Crippen molar-refractivity contribution in [3.8, 4) is 0 Å². The molecule has 0 aliphatic carbocycles. The fourth-order valence-corrected chi connectivity index (χ4v) is 3.77. The normalized spacial score (nSPS) is 25.9. The van der Waals surface area contributed by atoms with Gasteiger partial charge in [0.1, 0.15) is 5.82 Å². The van der Waals surface area contributed by atoms with Crippen molar-refractivity contribution in [2.45, 2.75) is 30.4 Å². The lowest BCUT2D eigenvalue weighted by molar-refractivity contribution is 0.607. The lowest BCUT2D eigenvalue weighted by Gasteiger charge is -2.14. The molecule has 0 bridgehead atoms. The molecule has 0 amide bonds. The molecule has 1 aliphatic heterocycles. The summed E-state index contributed by atoms with van der Waals surface area (Å²) >= 11 is 5.28.